The lowest BCUT2D eigenvalue weighted by molar-refractivity contribution is -0.121. The van der Waals surface area contributed by atoms with Crippen molar-refractivity contribution in [1.29, 1.82) is 0 Å². The summed E-state index contributed by atoms with van der Waals surface area (Å²) in [5.41, 5.74) is 3.40. The number of rotatable bonds is 6. The molecule has 4 rings (SSSR count). The molecule has 0 unspecified atom stereocenters. The molecule has 0 radical (unpaired) electrons. The molecule has 2 heterocycles. The molecule has 1 aliphatic rings. The van der Waals surface area contributed by atoms with Gasteiger partial charge >= 0.3 is 0 Å². The first kappa shape index (κ1) is 20.0. The lowest BCUT2D eigenvalue weighted by atomic mass is 10.1. The number of likely N-dealkylation sites (N-methyl/N-ethyl adjacent to an activating group) is 1. The first-order chi connectivity index (χ1) is 14.1. The Morgan fingerprint density at radius 1 is 1.03 bits per heavy atom. The molecule has 1 N–H and O–H groups in total. The molecule has 0 spiro atoms. The van der Waals surface area contributed by atoms with Gasteiger partial charge in [0, 0.05) is 56.0 Å². The van der Waals surface area contributed by atoms with Crippen LogP contribution in [0.1, 0.15) is 11.1 Å². The van der Waals surface area contributed by atoms with Crippen LogP contribution in [0.25, 0.3) is 10.9 Å². The third-order valence-electron chi connectivity index (χ3n) is 5.53. The topological polar surface area (TPSA) is 40.5 Å². The number of fused-ring (bicyclic) bond motifs is 1. The number of carbonyl (C=O) groups excluding carboxylic acids is 1. The molecule has 2 aromatic carbocycles. The van der Waals surface area contributed by atoms with Gasteiger partial charge in [-0.15, -0.1) is 0 Å². The van der Waals surface area contributed by atoms with Crippen LogP contribution in [0.3, 0.4) is 0 Å². The molecule has 3 aromatic rings. The zero-order chi connectivity index (χ0) is 20.2. The van der Waals surface area contributed by atoms with Crippen LogP contribution in [-0.2, 0) is 24.4 Å². The second kappa shape index (κ2) is 8.99. The highest BCUT2D eigenvalue weighted by Crippen LogP contribution is 2.20. The number of nitrogens with one attached hydrogen (secondary N) is 1. The second-order valence-corrected chi connectivity index (χ2v) is 8.26. The maximum absolute atomic E-state index is 12.5. The summed E-state index contributed by atoms with van der Waals surface area (Å²) >= 11 is 6.10. The molecule has 0 atom stereocenters. The van der Waals surface area contributed by atoms with Crippen molar-refractivity contribution < 1.29 is 4.79 Å². The molecule has 1 amide bonds. The highest BCUT2D eigenvalue weighted by Gasteiger charge is 2.14. The van der Waals surface area contributed by atoms with E-state index in [1.54, 1.807) is 0 Å². The predicted molar refractivity (Wildman–Crippen MR) is 118 cm³/mol. The van der Waals surface area contributed by atoms with Gasteiger partial charge in [0.05, 0.1) is 0 Å². The van der Waals surface area contributed by atoms with E-state index in [0.29, 0.717) is 11.6 Å². The Balaban J connectivity index is 1.32. The molecule has 1 saturated heterocycles. The maximum Gasteiger partial charge on any atom is 0.240 e. The number of amides is 1. The number of nitrogens with zero attached hydrogens (tertiary/aromatic N) is 3. The van der Waals surface area contributed by atoms with Gasteiger partial charge in [0.15, 0.2) is 0 Å². The van der Waals surface area contributed by atoms with Crippen molar-refractivity contribution in [2.24, 2.45) is 0 Å². The molecule has 0 aliphatic carbocycles. The fraction of sp³-hybridized carbons (Fsp3) is 0.348. The quantitative estimate of drug-likeness (QED) is 0.677. The van der Waals surface area contributed by atoms with Crippen molar-refractivity contribution in [2.75, 3.05) is 33.2 Å². The Bertz CT molecular complexity index is 991. The molecule has 1 fully saturated rings. The summed E-state index contributed by atoms with van der Waals surface area (Å²) in [6.45, 7) is 6.23. The summed E-state index contributed by atoms with van der Waals surface area (Å²) in [6.07, 6.45) is 1.93. The molecule has 1 aliphatic heterocycles. The zero-order valence-electron chi connectivity index (χ0n) is 16.8. The Hall–Kier alpha value is -2.34. The van der Waals surface area contributed by atoms with Gasteiger partial charge in [0.25, 0.3) is 0 Å². The number of benzene rings is 2. The van der Waals surface area contributed by atoms with Gasteiger partial charge in [-0.3, -0.25) is 9.69 Å². The van der Waals surface area contributed by atoms with E-state index < -0.39 is 0 Å². The van der Waals surface area contributed by atoms with E-state index in [2.05, 4.69) is 46.4 Å². The summed E-state index contributed by atoms with van der Waals surface area (Å²) in [5.74, 6) is -0.00746. The van der Waals surface area contributed by atoms with Gasteiger partial charge in [0.2, 0.25) is 5.91 Å². The third kappa shape index (κ3) is 5.18. The number of hydrogen-bond acceptors (Lipinski definition) is 3. The Kier molecular flexibility index (Phi) is 6.19. The first-order valence-electron chi connectivity index (χ1n) is 10.1. The monoisotopic (exact) mass is 410 g/mol. The second-order valence-electron chi connectivity index (χ2n) is 7.82. The van der Waals surface area contributed by atoms with E-state index in [-0.39, 0.29) is 12.5 Å². The van der Waals surface area contributed by atoms with Crippen LogP contribution < -0.4 is 5.32 Å². The lowest BCUT2D eigenvalue weighted by Crippen LogP contribution is -2.43. The van der Waals surface area contributed by atoms with E-state index in [1.807, 2.05) is 35.0 Å². The molecule has 152 valence electrons. The van der Waals surface area contributed by atoms with Crippen molar-refractivity contribution in [3.63, 3.8) is 0 Å². The van der Waals surface area contributed by atoms with Gasteiger partial charge in [-0.25, -0.2) is 0 Å². The summed E-state index contributed by atoms with van der Waals surface area (Å²) < 4.78 is 1.93. The van der Waals surface area contributed by atoms with Crippen LogP contribution in [0.4, 0.5) is 0 Å². The number of carbonyl (C=O) groups is 1. The number of halogens is 1. The molecule has 5 nitrogen and oxygen atoms in total. The van der Waals surface area contributed by atoms with Gasteiger partial charge in [-0.1, -0.05) is 41.9 Å². The number of piperazine rings is 1. The van der Waals surface area contributed by atoms with Crippen LogP contribution in [0, 0.1) is 0 Å². The maximum atomic E-state index is 12.5. The Morgan fingerprint density at radius 2 is 1.83 bits per heavy atom. The van der Waals surface area contributed by atoms with Crippen LogP contribution in [-0.4, -0.2) is 53.5 Å². The van der Waals surface area contributed by atoms with Gasteiger partial charge in [0.1, 0.15) is 6.54 Å². The minimum Gasteiger partial charge on any atom is -0.350 e. The van der Waals surface area contributed by atoms with E-state index >= 15 is 0 Å². The molecule has 6 heteroatoms. The standard InChI is InChI=1S/C23H27ClN4O/c1-26-9-11-27(12-10-26)16-19-4-2-3-18(13-19)15-25-23(29)17-28-8-7-20-5-6-21(24)14-22(20)28/h2-8,13-14H,9-12,15-17H2,1H3,(H,25,29). The van der Waals surface area contributed by atoms with E-state index in [0.717, 1.165) is 49.2 Å². The minimum atomic E-state index is -0.00746. The fourth-order valence-corrected chi connectivity index (χ4v) is 3.97. The highest BCUT2D eigenvalue weighted by atomic mass is 35.5. The summed E-state index contributed by atoms with van der Waals surface area (Å²) in [4.78, 5) is 17.3. The van der Waals surface area contributed by atoms with Gasteiger partial charge < -0.3 is 14.8 Å². The van der Waals surface area contributed by atoms with E-state index in [1.165, 1.54) is 5.56 Å². The van der Waals surface area contributed by atoms with Crippen molar-refractivity contribution in [3.05, 3.63) is 70.9 Å². The minimum absolute atomic E-state index is 0.00746. The van der Waals surface area contributed by atoms with Crippen molar-refractivity contribution in [3.8, 4) is 0 Å². The largest absolute Gasteiger partial charge is 0.350 e. The predicted octanol–water partition coefficient (Wildman–Crippen LogP) is 3.36. The first-order valence-corrected chi connectivity index (χ1v) is 10.4. The fourth-order valence-electron chi connectivity index (χ4n) is 3.81. The molecular weight excluding hydrogens is 384 g/mol. The molecule has 0 saturated carbocycles. The van der Waals surface area contributed by atoms with Crippen LogP contribution in [0.5, 0.6) is 0 Å². The van der Waals surface area contributed by atoms with Crippen molar-refractivity contribution >= 4 is 28.4 Å². The summed E-state index contributed by atoms with van der Waals surface area (Å²) in [5, 5.41) is 4.80. The Morgan fingerprint density at radius 3 is 2.66 bits per heavy atom. The normalized spacial score (nSPS) is 15.7. The average Bonchev–Trinajstić information content (AvgIpc) is 3.10. The highest BCUT2D eigenvalue weighted by molar-refractivity contribution is 6.31. The molecule has 1 aromatic heterocycles. The smallest absolute Gasteiger partial charge is 0.240 e. The molecule has 29 heavy (non-hydrogen) atoms. The molecular formula is C23H27ClN4O. The van der Waals surface area contributed by atoms with E-state index in [4.69, 9.17) is 11.6 Å². The van der Waals surface area contributed by atoms with Gasteiger partial charge in [-0.2, -0.15) is 0 Å². The van der Waals surface area contributed by atoms with Crippen molar-refractivity contribution in [1.82, 2.24) is 19.7 Å². The Labute approximate surface area is 176 Å². The van der Waals surface area contributed by atoms with Crippen molar-refractivity contribution in [2.45, 2.75) is 19.6 Å². The SMILES string of the molecule is CN1CCN(Cc2cccc(CNC(=O)Cn3ccc4ccc(Cl)cc43)c2)CC1. The van der Waals surface area contributed by atoms with E-state index in [9.17, 15) is 4.79 Å². The van der Waals surface area contributed by atoms with Crippen LogP contribution in [0.15, 0.2) is 54.7 Å². The lowest BCUT2D eigenvalue weighted by Gasteiger charge is -2.32. The van der Waals surface area contributed by atoms with Gasteiger partial charge in [-0.05, 0) is 41.8 Å². The average molecular weight is 411 g/mol. The number of aromatic nitrogens is 1. The summed E-state index contributed by atoms with van der Waals surface area (Å²) in [6, 6.07) is 16.2. The molecule has 0 bridgehead atoms. The zero-order valence-corrected chi connectivity index (χ0v) is 17.5. The third-order valence-corrected chi connectivity index (χ3v) is 5.77. The van der Waals surface area contributed by atoms with Crippen LogP contribution >= 0.6 is 11.6 Å². The summed E-state index contributed by atoms with van der Waals surface area (Å²) in [7, 11) is 2.17. The van der Waals surface area contributed by atoms with Crippen LogP contribution in [0.2, 0.25) is 5.02 Å². The number of hydrogen-bond donors (Lipinski definition) is 1.